The number of para-hydroxylation sites is 1. The summed E-state index contributed by atoms with van der Waals surface area (Å²) in [5, 5.41) is 1.38. The van der Waals surface area contributed by atoms with E-state index in [4.69, 9.17) is 14.3 Å². The predicted octanol–water partition coefficient (Wildman–Crippen LogP) is 2.34. The number of nitrogens with zero attached hydrogens (tertiary/aromatic N) is 2. The zero-order valence-corrected chi connectivity index (χ0v) is 17.9. The van der Waals surface area contributed by atoms with E-state index in [2.05, 4.69) is 0 Å². The van der Waals surface area contributed by atoms with Gasteiger partial charge in [-0.25, -0.2) is 5.06 Å². The van der Waals surface area contributed by atoms with Gasteiger partial charge in [-0.2, -0.15) is 0 Å². The summed E-state index contributed by atoms with van der Waals surface area (Å²) in [5.41, 5.74) is -1.30. The Hall–Kier alpha value is -3.39. The monoisotopic (exact) mass is 424 g/mol. The Morgan fingerprint density at radius 3 is 2.29 bits per heavy atom. The van der Waals surface area contributed by atoms with E-state index in [1.54, 1.807) is 37.4 Å². The van der Waals surface area contributed by atoms with Crippen LogP contribution in [-0.2, 0) is 34.2 Å². The third-order valence-corrected chi connectivity index (χ3v) is 6.20. The second-order valence-corrected chi connectivity index (χ2v) is 7.70. The molecule has 31 heavy (non-hydrogen) atoms. The number of ether oxygens (including phenoxy) is 2. The van der Waals surface area contributed by atoms with Crippen LogP contribution in [0.3, 0.4) is 0 Å². The van der Waals surface area contributed by atoms with Crippen LogP contribution in [-0.4, -0.2) is 45.7 Å². The summed E-state index contributed by atoms with van der Waals surface area (Å²) in [7, 11) is 4.01. The molecule has 0 aromatic heterocycles. The van der Waals surface area contributed by atoms with Crippen LogP contribution in [0.5, 0.6) is 0 Å². The van der Waals surface area contributed by atoms with Crippen molar-refractivity contribution in [1.29, 1.82) is 0 Å². The smallest absolute Gasteiger partial charge is 0.326 e. The van der Waals surface area contributed by atoms with Crippen LogP contribution in [0, 0.1) is 12.3 Å². The Balaban J connectivity index is 2.14. The fourth-order valence-electron chi connectivity index (χ4n) is 4.81. The summed E-state index contributed by atoms with van der Waals surface area (Å²) in [4.78, 5) is 48.3. The summed E-state index contributed by atoms with van der Waals surface area (Å²) in [6.45, 7) is 1.92. The van der Waals surface area contributed by atoms with Crippen molar-refractivity contribution in [2.24, 2.45) is 5.41 Å². The topological polar surface area (TPSA) is 85.4 Å². The quantitative estimate of drug-likeness (QED) is 0.552. The molecule has 2 aliphatic rings. The maximum absolute atomic E-state index is 14.1. The number of hydroxylamine groups is 1. The average molecular weight is 424 g/mol. The van der Waals surface area contributed by atoms with E-state index in [-0.39, 0.29) is 13.0 Å². The van der Waals surface area contributed by atoms with Crippen molar-refractivity contribution >= 4 is 29.2 Å². The van der Waals surface area contributed by atoms with E-state index in [9.17, 15) is 14.4 Å². The van der Waals surface area contributed by atoms with Crippen molar-refractivity contribution in [3.63, 3.8) is 0 Å². The highest BCUT2D eigenvalue weighted by atomic mass is 16.7. The first kappa shape index (κ1) is 20.9. The lowest BCUT2D eigenvalue weighted by molar-refractivity contribution is -0.191. The second kappa shape index (κ2) is 7.39. The van der Waals surface area contributed by atoms with Crippen LogP contribution in [0.2, 0.25) is 0 Å². The first-order valence-corrected chi connectivity index (χ1v) is 9.90. The molecule has 0 N–H and O–H groups in total. The number of carbonyl (C=O) groups is 3. The maximum atomic E-state index is 14.1. The Morgan fingerprint density at radius 2 is 1.68 bits per heavy atom. The van der Waals surface area contributed by atoms with Crippen LogP contribution >= 0.6 is 0 Å². The molecule has 1 fully saturated rings. The van der Waals surface area contributed by atoms with E-state index < -0.39 is 28.8 Å². The third-order valence-electron chi connectivity index (χ3n) is 6.20. The van der Waals surface area contributed by atoms with E-state index in [0.717, 1.165) is 5.56 Å². The fraction of sp³-hybridized carbons (Fsp3) is 0.348. The summed E-state index contributed by atoms with van der Waals surface area (Å²) >= 11 is 0. The minimum Gasteiger partial charge on any atom is -0.468 e. The first-order chi connectivity index (χ1) is 14.9. The fourth-order valence-corrected chi connectivity index (χ4v) is 4.81. The molecule has 0 aliphatic carbocycles. The molecule has 1 spiro atoms. The number of aryl methyl sites for hydroxylation is 1. The molecular formula is C23H24N2O6. The minimum absolute atomic E-state index is 0.0129. The van der Waals surface area contributed by atoms with Gasteiger partial charge >= 0.3 is 11.9 Å². The summed E-state index contributed by atoms with van der Waals surface area (Å²) in [6, 6.07) is 14.4. The number of carbonyl (C=O) groups excluding carboxylic acids is 3. The molecule has 2 heterocycles. The molecule has 2 aromatic rings. The van der Waals surface area contributed by atoms with E-state index in [1.165, 1.54) is 24.2 Å². The molecule has 4 rings (SSSR count). The summed E-state index contributed by atoms with van der Waals surface area (Å²) in [6.07, 6.45) is -0.0808. The Bertz CT molecular complexity index is 1040. The largest absolute Gasteiger partial charge is 0.468 e. The number of likely N-dealkylation sites (N-methyl/N-ethyl adjacent to an activating group) is 1. The van der Waals surface area contributed by atoms with Crippen LogP contribution in [0.15, 0.2) is 48.5 Å². The van der Waals surface area contributed by atoms with Gasteiger partial charge in [0.05, 0.1) is 26.5 Å². The number of hydrogen-bond donors (Lipinski definition) is 0. The number of rotatable bonds is 3. The van der Waals surface area contributed by atoms with Gasteiger partial charge in [0, 0.05) is 24.7 Å². The molecule has 1 saturated heterocycles. The Kier molecular flexibility index (Phi) is 4.97. The molecule has 8 heteroatoms. The molecule has 8 nitrogen and oxygen atoms in total. The lowest BCUT2D eigenvalue weighted by Gasteiger charge is -2.52. The number of amides is 1. The van der Waals surface area contributed by atoms with Crippen LogP contribution in [0.4, 0.5) is 11.4 Å². The summed E-state index contributed by atoms with van der Waals surface area (Å²) in [5.74, 6) is -2.18. The van der Waals surface area contributed by atoms with Crippen molar-refractivity contribution in [3.05, 3.63) is 59.7 Å². The zero-order chi connectivity index (χ0) is 22.4. The molecule has 0 saturated carbocycles. The standard InChI is InChI=1S/C23H24N2O6/c1-15-10-11-17-18(14-15)24(2)19(26)23(17)22(20(27)29-3,21(28)30-4)12-13-31-25(23)16-8-6-5-7-9-16/h5-11,14H,12-13H2,1-4H3. The molecule has 2 aromatic carbocycles. The van der Waals surface area contributed by atoms with E-state index >= 15 is 0 Å². The van der Waals surface area contributed by atoms with Crippen molar-refractivity contribution in [1.82, 2.24) is 0 Å². The number of hydrogen-bond acceptors (Lipinski definition) is 7. The highest BCUT2D eigenvalue weighted by Crippen LogP contribution is 2.59. The van der Waals surface area contributed by atoms with Gasteiger partial charge in [-0.05, 0) is 30.7 Å². The number of fused-ring (bicyclic) bond motifs is 2. The number of benzene rings is 2. The van der Waals surface area contributed by atoms with Gasteiger partial charge in [-0.15, -0.1) is 0 Å². The number of esters is 2. The van der Waals surface area contributed by atoms with Gasteiger partial charge < -0.3 is 14.4 Å². The lowest BCUT2D eigenvalue weighted by atomic mass is 9.62. The summed E-state index contributed by atoms with van der Waals surface area (Å²) < 4.78 is 10.2. The van der Waals surface area contributed by atoms with E-state index in [0.29, 0.717) is 16.9 Å². The highest BCUT2D eigenvalue weighted by molar-refractivity contribution is 6.18. The van der Waals surface area contributed by atoms with Gasteiger partial charge in [-0.1, -0.05) is 30.3 Å². The molecule has 1 atom stereocenters. The Morgan fingerprint density at radius 1 is 1.03 bits per heavy atom. The molecule has 1 unspecified atom stereocenters. The molecule has 162 valence electrons. The first-order valence-electron chi connectivity index (χ1n) is 9.90. The normalized spacial score (nSPS) is 21.7. The zero-order valence-electron chi connectivity index (χ0n) is 17.9. The second-order valence-electron chi connectivity index (χ2n) is 7.70. The van der Waals surface area contributed by atoms with Gasteiger partial charge in [0.2, 0.25) is 5.41 Å². The highest BCUT2D eigenvalue weighted by Gasteiger charge is 2.76. The average Bonchev–Trinajstić information content (AvgIpc) is 3.01. The Labute approximate surface area is 180 Å². The predicted molar refractivity (Wildman–Crippen MR) is 112 cm³/mol. The van der Waals surface area contributed by atoms with E-state index in [1.807, 2.05) is 25.1 Å². The van der Waals surface area contributed by atoms with Crippen LogP contribution in [0.25, 0.3) is 0 Å². The molecule has 0 bridgehead atoms. The maximum Gasteiger partial charge on any atom is 0.326 e. The SMILES string of the molecule is COC(=O)C1(C(=O)OC)CCON(c2ccccc2)C12C(=O)N(C)c1cc(C)ccc12. The number of anilines is 2. The van der Waals surface area contributed by atoms with Gasteiger partial charge in [0.15, 0.2) is 5.54 Å². The number of methoxy groups -OCH3 is 2. The molecular weight excluding hydrogens is 400 g/mol. The molecule has 1 amide bonds. The van der Waals surface area contributed by atoms with Crippen molar-refractivity contribution < 1.29 is 28.7 Å². The van der Waals surface area contributed by atoms with Crippen molar-refractivity contribution in [3.8, 4) is 0 Å². The van der Waals surface area contributed by atoms with Gasteiger partial charge in [0.25, 0.3) is 5.91 Å². The van der Waals surface area contributed by atoms with Crippen LogP contribution in [0.1, 0.15) is 17.5 Å². The third kappa shape index (κ3) is 2.54. The van der Waals surface area contributed by atoms with Crippen molar-refractivity contribution in [2.45, 2.75) is 18.9 Å². The van der Waals surface area contributed by atoms with Gasteiger partial charge in [-0.3, -0.25) is 19.2 Å². The lowest BCUT2D eigenvalue weighted by Crippen LogP contribution is -2.71. The minimum atomic E-state index is -1.98. The van der Waals surface area contributed by atoms with Crippen molar-refractivity contribution in [2.75, 3.05) is 37.8 Å². The molecule has 2 aliphatic heterocycles. The van der Waals surface area contributed by atoms with Crippen LogP contribution < -0.4 is 9.96 Å². The van der Waals surface area contributed by atoms with Gasteiger partial charge in [0.1, 0.15) is 0 Å². The molecule has 0 radical (unpaired) electrons.